The molecule has 0 bridgehead atoms. The highest BCUT2D eigenvalue weighted by atomic mass is 35.5. The fourth-order valence-electron chi connectivity index (χ4n) is 8.73. The first-order chi connectivity index (χ1) is 36.9. The number of hydrogen-bond donors (Lipinski definition) is 2. The zero-order valence-electron chi connectivity index (χ0n) is 43.8. The Morgan fingerprint density at radius 2 is 1.40 bits per heavy atom. The molecule has 0 radical (unpaired) electrons. The van der Waals surface area contributed by atoms with Crippen molar-refractivity contribution in [2.24, 2.45) is 5.41 Å². The molecule has 2 fully saturated rings. The summed E-state index contributed by atoms with van der Waals surface area (Å²) in [6.45, 7) is 12.2. The number of carbonyl (C=O) groups is 2. The second-order valence-corrected chi connectivity index (χ2v) is 27.0. The minimum atomic E-state index is -6.15. The SMILES string of the molecule is CCOP(=O)(CN1CCN(CC[C@H](CSc2ccccc2)Nc2ccc(S(=O)(=O)NC(=O)c3ccc(N4CCN(Cc5ccccc5-c5ccc(Cl)cc5)CC4)cc3)cc2S(=O)(=O)C(F)(F)F)CC1)OCOC(=O)C(C)(C)C. The Morgan fingerprint density at radius 3 is 2.04 bits per heavy atom. The summed E-state index contributed by atoms with van der Waals surface area (Å²) in [6, 6.07) is 33.1. The van der Waals surface area contributed by atoms with Gasteiger partial charge >= 0.3 is 19.1 Å². The molecule has 422 valence electrons. The van der Waals surface area contributed by atoms with Crippen LogP contribution < -0.4 is 14.9 Å². The van der Waals surface area contributed by atoms with Gasteiger partial charge in [-0.3, -0.25) is 28.5 Å². The Hall–Kier alpha value is -5.00. The molecule has 2 N–H and O–H groups in total. The lowest BCUT2D eigenvalue weighted by Gasteiger charge is -2.36. The number of halogens is 4. The summed E-state index contributed by atoms with van der Waals surface area (Å²) in [7, 11) is -14.8. The molecule has 2 aliphatic rings. The quantitative estimate of drug-likeness (QED) is 0.0272. The smallest absolute Gasteiger partial charge is 0.438 e. The molecule has 2 saturated heterocycles. The number of alkyl halides is 3. The number of nitrogens with one attached hydrogen (secondary N) is 2. The van der Waals surface area contributed by atoms with Gasteiger partial charge in [0.05, 0.1) is 22.6 Å². The fraction of sp³-hybridized carbons (Fsp3) is 0.407. The lowest BCUT2D eigenvalue weighted by atomic mass is 9.98. The molecule has 16 nitrogen and oxygen atoms in total. The number of anilines is 2. The van der Waals surface area contributed by atoms with Crippen molar-refractivity contribution in [3.8, 4) is 11.1 Å². The van der Waals surface area contributed by atoms with Crippen LogP contribution in [-0.2, 0) is 49.5 Å². The monoisotopic (exact) mass is 1180 g/mol. The molecule has 5 aromatic carbocycles. The van der Waals surface area contributed by atoms with E-state index in [0.29, 0.717) is 63.3 Å². The van der Waals surface area contributed by atoms with Crippen LogP contribution in [-0.4, -0.2) is 139 Å². The summed E-state index contributed by atoms with van der Waals surface area (Å²) in [4.78, 5) is 32.8. The standard InChI is InChI=1S/C54H65ClF3N6O10PS3/c1-5-73-75(67,74-39-72-52(66)53(2,3)4)38-63-29-27-61(28-30-63)26-25-44(37-76-46-12-7-6-8-13-46)59-49-24-23-47(35-50(49)77(68,69)54(56,57)58)78(70,71)60-51(65)41-17-21-45(22-18-41)64-33-31-62(32-34-64)36-42-11-9-10-14-48(42)40-15-19-43(55)20-16-40/h6-24,35,44,59H,5,25-34,36-39H2,1-4H3,(H,60,65)/t44-,75?/m1/s1. The number of amides is 1. The van der Waals surface area contributed by atoms with Gasteiger partial charge in [0.2, 0.25) is 6.79 Å². The maximum atomic E-state index is 14.4. The van der Waals surface area contributed by atoms with Gasteiger partial charge in [-0.2, -0.15) is 13.2 Å². The Bertz CT molecular complexity index is 3110. The minimum absolute atomic E-state index is 0.0446. The highest BCUT2D eigenvalue weighted by molar-refractivity contribution is 7.99. The van der Waals surface area contributed by atoms with Gasteiger partial charge in [0.25, 0.3) is 25.8 Å². The molecule has 5 aromatic rings. The van der Waals surface area contributed by atoms with Crippen LogP contribution >= 0.6 is 31.0 Å². The third-order valence-corrected chi connectivity index (χ3v) is 19.3. The number of sulfonamides is 1. The van der Waals surface area contributed by atoms with E-state index in [0.717, 1.165) is 53.5 Å². The Morgan fingerprint density at radius 1 is 0.769 bits per heavy atom. The van der Waals surface area contributed by atoms with E-state index in [1.807, 2.05) is 76.4 Å². The number of carbonyl (C=O) groups excluding carboxylic acids is 2. The lowest BCUT2D eigenvalue weighted by molar-refractivity contribution is -0.160. The summed E-state index contributed by atoms with van der Waals surface area (Å²) in [5, 5.41) is 3.66. The van der Waals surface area contributed by atoms with E-state index < -0.39 is 78.6 Å². The Balaban J connectivity index is 0.989. The van der Waals surface area contributed by atoms with Crippen molar-refractivity contribution < 1.29 is 57.9 Å². The fourth-order valence-corrected chi connectivity index (χ4v) is 13.5. The number of benzene rings is 5. The van der Waals surface area contributed by atoms with Gasteiger partial charge in [0.15, 0.2) is 0 Å². The van der Waals surface area contributed by atoms with Gasteiger partial charge in [-0.05, 0) is 118 Å². The van der Waals surface area contributed by atoms with Gasteiger partial charge in [0.1, 0.15) is 11.2 Å². The number of esters is 1. The molecular formula is C54H65ClF3N6O10PS3. The number of sulfone groups is 1. The summed E-state index contributed by atoms with van der Waals surface area (Å²) >= 11 is 7.52. The molecule has 2 atom stereocenters. The van der Waals surface area contributed by atoms with Gasteiger partial charge in [-0.1, -0.05) is 66.2 Å². The maximum absolute atomic E-state index is 14.4. The number of rotatable bonds is 23. The highest BCUT2D eigenvalue weighted by Gasteiger charge is 2.48. The van der Waals surface area contributed by atoms with E-state index in [1.54, 1.807) is 39.8 Å². The molecule has 7 rings (SSSR count). The molecule has 0 spiro atoms. The molecule has 2 aliphatic heterocycles. The summed E-state index contributed by atoms with van der Waals surface area (Å²) in [5.41, 5.74) is -2.93. The first-order valence-electron chi connectivity index (χ1n) is 25.3. The van der Waals surface area contributed by atoms with E-state index in [2.05, 4.69) is 32.1 Å². The third-order valence-electron chi connectivity index (χ3n) is 13.1. The van der Waals surface area contributed by atoms with Gasteiger partial charge in [-0.15, -0.1) is 11.8 Å². The predicted octanol–water partition coefficient (Wildman–Crippen LogP) is 10.1. The van der Waals surface area contributed by atoms with E-state index in [1.165, 1.54) is 29.5 Å². The predicted molar refractivity (Wildman–Crippen MR) is 298 cm³/mol. The number of piperazine rings is 2. The van der Waals surface area contributed by atoms with E-state index in [4.69, 9.17) is 25.4 Å². The van der Waals surface area contributed by atoms with Crippen LogP contribution in [0.3, 0.4) is 0 Å². The topological polar surface area (TPSA) is 184 Å². The van der Waals surface area contributed by atoms with Crippen LogP contribution in [0, 0.1) is 5.41 Å². The maximum Gasteiger partial charge on any atom is 0.501 e. The van der Waals surface area contributed by atoms with Crippen LogP contribution in [0.15, 0.2) is 136 Å². The van der Waals surface area contributed by atoms with Crippen LogP contribution in [0.4, 0.5) is 24.5 Å². The van der Waals surface area contributed by atoms with Crippen molar-refractivity contribution in [3.05, 3.63) is 137 Å². The first kappa shape index (κ1) is 60.6. The minimum Gasteiger partial charge on any atom is -0.438 e. The molecule has 24 heteroatoms. The normalized spacial score (nSPS) is 16.5. The van der Waals surface area contributed by atoms with Crippen molar-refractivity contribution in [2.45, 2.75) is 66.9 Å². The van der Waals surface area contributed by atoms with Crippen molar-refractivity contribution in [1.29, 1.82) is 0 Å². The van der Waals surface area contributed by atoms with Crippen LogP contribution in [0.1, 0.15) is 50.0 Å². The second kappa shape index (κ2) is 26.5. The summed E-state index contributed by atoms with van der Waals surface area (Å²) < 4.78 is 129. The molecule has 1 amide bonds. The number of hydrogen-bond acceptors (Lipinski definition) is 16. The summed E-state index contributed by atoms with van der Waals surface area (Å²) in [5.74, 6) is -1.32. The molecule has 0 saturated carbocycles. The average Bonchev–Trinajstić information content (AvgIpc) is 3.41. The molecule has 0 aliphatic carbocycles. The van der Waals surface area contributed by atoms with Crippen LogP contribution in [0.5, 0.6) is 0 Å². The average molecular weight is 1180 g/mol. The van der Waals surface area contributed by atoms with Crippen molar-refractivity contribution in [3.63, 3.8) is 0 Å². The molecular weight excluding hydrogens is 1110 g/mol. The molecule has 0 aromatic heterocycles. The lowest BCUT2D eigenvalue weighted by Crippen LogP contribution is -2.47. The summed E-state index contributed by atoms with van der Waals surface area (Å²) in [6.07, 6.45) is 0.263. The van der Waals surface area contributed by atoms with Crippen molar-refractivity contribution in [2.75, 3.05) is 94.6 Å². The van der Waals surface area contributed by atoms with Crippen molar-refractivity contribution >= 4 is 74.1 Å². The zero-order chi connectivity index (χ0) is 56.3. The van der Waals surface area contributed by atoms with E-state index in [9.17, 15) is 44.2 Å². The molecule has 78 heavy (non-hydrogen) atoms. The Labute approximate surface area is 464 Å². The number of thioether (sulfide) groups is 1. The third kappa shape index (κ3) is 16.5. The van der Waals surface area contributed by atoms with E-state index in [-0.39, 0.29) is 24.2 Å². The number of nitrogens with zero attached hydrogens (tertiary/aromatic N) is 4. The zero-order valence-corrected chi connectivity index (χ0v) is 47.9. The second-order valence-electron chi connectivity index (χ2n) is 19.8. The molecule has 1 unspecified atom stereocenters. The van der Waals surface area contributed by atoms with Gasteiger partial charge < -0.3 is 24.4 Å². The van der Waals surface area contributed by atoms with Crippen LogP contribution in [0.25, 0.3) is 11.1 Å². The van der Waals surface area contributed by atoms with Crippen LogP contribution in [0.2, 0.25) is 5.02 Å². The largest absolute Gasteiger partial charge is 0.501 e. The Kier molecular flexibility index (Phi) is 20.6. The van der Waals surface area contributed by atoms with Gasteiger partial charge in [-0.25, -0.2) is 21.6 Å². The number of ether oxygens (including phenoxy) is 1. The van der Waals surface area contributed by atoms with Gasteiger partial charge in [0, 0.05) is 98.4 Å². The molecule has 2 heterocycles. The van der Waals surface area contributed by atoms with E-state index >= 15 is 0 Å². The van der Waals surface area contributed by atoms with Crippen molar-refractivity contribution in [1.82, 2.24) is 19.4 Å². The highest BCUT2D eigenvalue weighted by Crippen LogP contribution is 2.49. The first-order valence-corrected chi connectivity index (χ1v) is 31.4.